The van der Waals surface area contributed by atoms with E-state index in [4.69, 9.17) is 15.1 Å². The summed E-state index contributed by atoms with van der Waals surface area (Å²) in [6.45, 7) is 0. The van der Waals surface area contributed by atoms with Crippen molar-refractivity contribution >= 4 is 27.8 Å². The van der Waals surface area contributed by atoms with E-state index in [1.807, 2.05) is 0 Å². The van der Waals surface area contributed by atoms with E-state index in [0.717, 1.165) is 24.2 Å². The second kappa shape index (κ2) is 4.93. The van der Waals surface area contributed by atoms with Gasteiger partial charge in [-0.2, -0.15) is 0 Å². The molecule has 5 rings (SSSR count). The van der Waals surface area contributed by atoms with Crippen LogP contribution < -0.4 is 5.73 Å². The molecule has 1 saturated carbocycles. The van der Waals surface area contributed by atoms with E-state index < -0.39 is 5.91 Å². The smallest absolute Gasteiger partial charge is 0.248 e. The summed E-state index contributed by atoms with van der Waals surface area (Å²) in [6, 6.07) is 19.9. The van der Waals surface area contributed by atoms with Crippen molar-refractivity contribution in [3.63, 3.8) is 0 Å². The van der Waals surface area contributed by atoms with Crippen molar-refractivity contribution in [2.24, 2.45) is 5.73 Å². The van der Waals surface area contributed by atoms with Gasteiger partial charge in [-0.1, -0.05) is 42.5 Å². The lowest BCUT2D eigenvalue weighted by Gasteiger charge is -2.14. The number of aromatic nitrogens is 1. The first-order valence-electron chi connectivity index (χ1n) is 8.36. The van der Waals surface area contributed by atoms with Crippen LogP contribution in [-0.2, 0) is 5.41 Å². The van der Waals surface area contributed by atoms with Gasteiger partial charge < -0.3 is 10.2 Å². The number of carbonyl (C=O) groups is 1. The Balaban J connectivity index is 1.69. The topological polar surface area (TPSA) is 69.1 Å². The molecule has 4 nitrogen and oxygen atoms in total. The van der Waals surface area contributed by atoms with Crippen LogP contribution in [0.25, 0.3) is 21.9 Å². The number of primary amides is 1. The third-order valence-electron chi connectivity index (χ3n) is 5.14. The van der Waals surface area contributed by atoms with Gasteiger partial charge in [-0.05, 0) is 47.4 Å². The van der Waals surface area contributed by atoms with E-state index in [0.29, 0.717) is 11.1 Å². The Labute approximate surface area is 144 Å². The molecule has 0 saturated heterocycles. The summed E-state index contributed by atoms with van der Waals surface area (Å²) in [6.07, 6.45) is 2.02. The molecule has 4 heteroatoms. The molecular formula is C21H16N2O2. The molecule has 122 valence electrons. The lowest BCUT2D eigenvalue weighted by molar-refractivity contribution is 0.100. The number of fused-ring (bicyclic) bond motifs is 2. The molecule has 1 aliphatic carbocycles. The molecule has 1 aromatic heterocycles. The fraction of sp³-hybridized carbons (Fsp3) is 0.143. The average molecular weight is 328 g/mol. The number of oxazole rings is 1. The van der Waals surface area contributed by atoms with Crippen molar-refractivity contribution in [2.45, 2.75) is 18.3 Å². The molecule has 2 N–H and O–H groups in total. The largest absolute Gasteiger partial charge is 0.440 e. The molecule has 4 aromatic rings. The number of hydrogen-bond donors (Lipinski definition) is 1. The van der Waals surface area contributed by atoms with Gasteiger partial charge >= 0.3 is 0 Å². The summed E-state index contributed by atoms with van der Waals surface area (Å²) in [5.74, 6) is 0.260. The zero-order chi connectivity index (χ0) is 17.0. The highest BCUT2D eigenvalue weighted by Crippen LogP contribution is 2.55. The molecule has 1 amide bonds. The van der Waals surface area contributed by atoms with Gasteiger partial charge in [0.15, 0.2) is 5.58 Å². The highest BCUT2D eigenvalue weighted by Gasteiger charge is 2.51. The van der Waals surface area contributed by atoms with Crippen LogP contribution in [0.4, 0.5) is 0 Å². The zero-order valence-corrected chi connectivity index (χ0v) is 13.5. The van der Waals surface area contributed by atoms with Gasteiger partial charge in [0.2, 0.25) is 11.8 Å². The molecule has 1 heterocycles. The minimum atomic E-state index is -0.463. The molecule has 0 bridgehead atoms. The van der Waals surface area contributed by atoms with Crippen molar-refractivity contribution in [3.05, 3.63) is 77.7 Å². The molecule has 0 unspecified atom stereocenters. The Hall–Kier alpha value is -3.14. The van der Waals surface area contributed by atoms with E-state index in [-0.39, 0.29) is 5.41 Å². The molecule has 1 aliphatic rings. The molecular weight excluding hydrogens is 312 g/mol. The Morgan fingerprint density at radius 2 is 1.84 bits per heavy atom. The monoisotopic (exact) mass is 328 g/mol. The fourth-order valence-electron chi connectivity index (χ4n) is 3.65. The summed E-state index contributed by atoms with van der Waals surface area (Å²) in [4.78, 5) is 16.1. The molecule has 3 aromatic carbocycles. The first-order valence-corrected chi connectivity index (χ1v) is 8.36. The standard InChI is InChI=1S/C21H16N2O2/c22-19(24)14-8-9-17-18(12-14)25-20(23-17)21(10-11-21)16-7-3-5-13-4-1-2-6-15(13)16/h1-9,12H,10-11H2,(H2,22,24). The van der Waals surface area contributed by atoms with E-state index in [1.54, 1.807) is 18.2 Å². The highest BCUT2D eigenvalue weighted by molar-refractivity contribution is 5.96. The minimum absolute atomic E-state index is 0.174. The summed E-state index contributed by atoms with van der Waals surface area (Å²) >= 11 is 0. The van der Waals surface area contributed by atoms with Crippen LogP contribution in [0.1, 0.15) is 34.7 Å². The predicted octanol–water partition coefficient (Wildman–Crippen LogP) is 4.16. The molecule has 0 aliphatic heterocycles. The predicted molar refractivity (Wildman–Crippen MR) is 96.5 cm³/mol. The van der Waals surface area contributed by atoms with Gasteiger partial charge in [0.1, 0.15) is 5.52 Å². The van der Waals surface area contributed by atoms with Gasteiger partial charge in [0.25, 0.3) is 0 Å². The summed E-state index contributed by atoms with van der Waals surface area (Å²) in [5.41, 5.74) is 8.25. The number of benzene rings is 3. The van der Waals surface area contributed by atoms with Crippen LogP contribution in [0.15, 0.2) is 65.1 Å². The third kappa shape index (κ3) is 2.07. The van der Waals surface area contributed by atoms with Crippen LogP contribution in [0.3, 0.4) is 0 Å². The van der Waals surface area contributed by atoms with Crippen molar-refractivity contribution in [3.8, 4) is 0 Å². The number of hydrogen-bond acceptors (Lipinski definition) is 3. The number of carbonyl (C=O) groups excluding carboxylic acids is 1. The Kier molecular flexibility index (Phi) is 2.80. The van der Waals surface area contributed by atoms with Crippen LogP contribution >= 0.6 is 0 Å². The number of nitrogens with zero attached hydrogens (tertiary/aromatic N) is 1. The lowest BCUT2D eigenvalue weighted by Crippen LogP contribution is -2.10. The maximum atomic E-state index is 11.4. The number of rotatable bonds is 3. The molecule has 0 spiro atoms. The quantitative estimate of drug-likeness (QED) is 0.614. The van der Waals surface area contributed by atoms with Gasteiger partial charge in [-0.15, -0.1) is 0 Å². The Morgan fingerprint density at radius 3 is 2.64 bits per heavy atom. The lowest BCUT2D eigenvalue weighted by atomic mass is 9.90. The van der Waals surface area contributed by atoms with Gasteiger partial charge in [0.05, 0.1) is 5.41 Å². The molecule has 1 fully saturated rings. The second-order valence-corrected chi connectivity index (χ2v) is 6.67. The van der Waals surface area contributed by atoms with Crippen molar-refractivity contribution in [1.29, 1.82) is 0 Å². The van der Waals surface area contributed by atoms with Gasteiger partial charge in [-0.3, -0.25) is 4.79 Å². The van der Waals surface area contributed by atoms with Crippen LogP contribution in [0.5, 0.6) is 0 Å². The zero-order valence-electron chi connectivity index (χ0n) is 13.5. The van der Waals surface area contributed by atoms with Crippen LogP contribution in [-0.4, -0.2) is 10.9 Å². The Bertz CT molecular complexity index is 1130. The SMILES string of the molecule is NC(=O)c1ccc2nc(C3(c4cccc5ccccc45)CC3)oc2c1. The normalized spacial score (nSPS) is 15.5. The fourth-order valence-corrected chi connectivity index (χ4v) is 3.65. The van der Waals surface area contributed by atoms with Crippen LogP contribution in [0.2, 0.25) is 0 Å². The molecule has 0 atom stereocenters. The summed E-state index contributed by atoms with van der Waals surface area (Å²) in [7, 11) is 0. The van der Waals surface area contributed by atoms with E-state index in [1.165, 1.54) is 16.3 Å². The Morgan fingerprint density at radius 1 is 1.04 bits per heavy atom. The minimum Gasteiger partial charge on any atom is -0.440 e. The van der Waals surface area contributed by atoms with E-state index in [9.17, 15) is 4.79 Å². The first kappa shape index (κ1) is 14.2. The first-order chi connectivity index (χ1) is 12.2. The van der Waals surface area contributed by atoms with E-state index >= 15 is 0 Å². The van der Waals surface area contributed by atoms with Crippen LogP contribution in [0, 0.1) is 0 Å². The molecule has 0 radical (unpaired) electrons. The second-order valence-electron chi connectivity index (χ2n) is 6.67. The number of nitrogens with two attached hydrogens (primary N) is 1. The highest BCUT2D eigenvalue weighted by atomic mass is 16.3. The van der Waals surface area contributed by atoms with Gasteiger partial charge in [0, 0.05) is 5.56 Å². The maximum Gasteiger partial charge on any atom is 0.248 e. The van der Waals surface area contributed by atoms with Crippen molar-refractivity contribution < 1.29 is 9.21 Å². The summed E-state index contributed by atoms with van der Waals surface area (Å²) < 4.78 is 6.07. The summed E-state index contributed by atoms with van der Waals surface area (Å²) in [5, 5.41) is 2.46. The average Bonchev–Trinajstić information content (AvgIpc) is 3.33. The van der Waals surface area contributed by atoms with Crippen molar-refractivity contribution in [1.82, 2.24) is 4.98 Å². The third-order valence-corrected chi connectivity index (χ3v) is 5.14. The molecule has 25 heavy (non-hydrogen) atoms. The maximum absolute atomic E-state index is 11.4. The number of amides is 1. The van der Waals surface area contributed by atoms with E-state index in [2.05, 4.69) is 42.5 Å². The van der Waals surface area contributed by atoms with Gasteiger partial charge in [-0.25, -0.2) is 4.98 Å². The van der Waals surface area contributed by atoms with Crippen molar-refractivity contribution in [2.75, 3.05) is 0 Å².